The lowest BCUT2D eigenvalue weighted by molar-refractivity contribution is 0.277. The number of aliphatic hydroxyl groups is 1. The van der Waals surface area contributed by atoms with Gasteiger partial charge >= 0.3 is 0 Å². The van der Waals surface area contributed by atoms with Crippen LogP contribution >= 0.6 is 24.4 Å². The van der Waals surface area contributed by atoms with Gasteiger partial charge in [0.15, 0.2) is 0 Å². The Bertz CT molecular complexity index is 179. The van der Waals surface area contributed by atoms with Crippen LogP contribution in [-0.2, 0) is 0 Å². The third-order valence-electron chi connectivity index (χ3n) is 2.42. The van der Waals surface area contributed by atoms with Crippen molar-refractivity contribution >= 4 is 24.4 Å². The summed E-state index contributed by atoms with van der Waals surface area (Å²) in [5.74, 6) is 2.25. The van der Waals surface area contributed by atoms with Crippen molar-refractivity contribution < 1.29 is 5.11 Å². The quantitative estimate of drug-likeness (QED) is 0.687. The lowest BCUT2D eigenvalue weighted by atomic mass is 9.90. The topological polar surface area (TPSA) is 20.2 Å². The van der Waals surface area contributed by atoms with Gasteiger partial charge in [-0.2, -0.15) is 12.6 Å². The van der Waals surface area contributed by atoms with Crippen molar-refractivity contribution in [2.45, 2.75) is 19.1 Å². The molecule has 0 spiro atoms. The van der Waals surface area contributed by atoms with Crippen LogP contribution in [0.4, 0.5) is 0 Å². The van der Waals surface area contributed by atoms with Crippen LogP contribution in [0, 0.1) is 11.8 Å². The number of rotatable bonds is 3. The Morgan fingerprint density at radius 3 is 2.92 bits per heavy atom. The third-order valence-corrected chi connectivity index (χ3v) is 4.17. The number of hydrogen-bond donors (Lipinski definition) is 2. The first-order chi connectivity index (χ1) is 5.66. The summed E-state index contributed by atoms with van der Waals surface area (Å²) in [6, 6.07) is 0. The second-order valence-electron chi connectivity index (χ2n) is 3.39. The van der Waals surface area contributed by atoms with Crippen LogP contribution < -0.4 is 0 Å². The van der Waals surface area contributed by atoms with Crippen LogP contribution in [0.25, 0.3) is 0 Å². The molecule has 1 nitrogen and oxygen atoms in total. The van der Waals surface area contributed by atoms with E-state index in [1.165, 1.54) is 11.3 Å². The molecule has 3 heteroatoms. The Morgan fingerprint density at radius 1 is 1.83 bits per heavy atom. The monoisotopic (exact) mass is 204 g/mol. The highest BCUT2D eigenvalue weighted by molar-refractivity contribution is 8.02. The predicted molar refractivity (Wildman–Crippen MR) is 58.7 cm³/mol. The van der Waals surface area contributed by atoms with Crippen LogP contribution in [-0.4, -0.2) is 22.7 Å². The molecule has 0 bridgehead atoms. The number of allylic oxidation sites excluding steroid dienone is 1. The first kappa shape index (κ1) is 10.5. The molecule has 0 aromatic heterocycles. The molecule has 3 unspecified atom stereocenters. The molecule has 1 heterocycles. The fourth-order valence-corrected chi connectivity index (χ4v) is 2.83. The molecule has 0 aromatic carbocycles. The van der Waals surface area contributed by atoms with Gasteiger partial charge in [-0.25, -0.2) is 0 Å². The molecule has 70 valence electrons. The summed E-state index contributed by atoms with van der Waals surface area (Å²) < 4.78 is 0. The van der Waals surface area contributed by atoms with E-state index in [2.05, 4.69) is 31.9 Å². The number of aliphatic hydroxyl groups excluding tert-OH is 1. The van der Waals surface area contributed by atoms with Crippen molar-refractivity contribution in [2.24, 2.45) is 11.8 Å². The number of hydrogen-bond acceptors (Lipinski definition) is 3. The molecule has 0 amide bonds. The summed E-state index contributed by atoms with van der Waals surface area (Å²) in [7, 11) is 0. The van der Waals surface area contributed by atoms with Crippen molar-refractivity contribution in [3.8, 4) is 0 Å². The molecule has 0 aromatic rings. The molecule has 0 fully saturated rings. The van der Waals surface area contributed by atoms with E-state index in [4.69, 9.17) is 5.11 Å². The van der Waals surface area contributed by atoms with Gasteiger partial charge in [-0.1, -0.05) is 19.4 Å². The molecule has 1 rings (SSSR count). The summed E-state index contributed by atoms with van der Waals surface area (Å²) >= 11 is 6.21. The van der Waals surface area contributed by atoms with Crippen LogP contribution in [0.1, 0.15) is 13.8 Å². The van der Waals surface area contributed by atoms with E-state index in [0.29, 0.717) is 11.8 Å². The molecule has 0 saturated heterocycles. The van der Waals surface area contributed by atoms with E-state index in [0.717, 1.165) is 0 Å². The maximum absolute atomic E-state index is 8.94. The van der Waals surface area contributed by atoms with Crippen molar-refractivity contribution in [2.75, 3.05) is 12.4 Å². The highest BCUT2D eigenvalue weighted by Crippen LogP contribution is 2.35. The molecule has 0 aliphatic carbocycles. The summed E-state index contributed by atoms with van der Waals surface area (Å²) in [6.45, 7) is 4.54. The minimum Gasteiger partial charge on any atom is -0.395 e. The highest BCUT2D eigenvalue weighted by atomic mass is 32.2. The zero-order valence-corrected chi connectivity index (χ0v) is 9.24. The minimum absolute atomic E-state index is 0.0948. The predicted octanol–water partition coefficient (Wildman–Crippen LogP) is 2.18. The second-order valence-corrected chi connectivity index (χ2v) is 4.96. The smallest absolute Gasteiger partial charge is 0.0553 e. The maximum atomic E-state index is 8.94. The van der Waals surface area contributed by atoms with Gasteiger partial charge in [0.25, 0.3) is 0 Å². The van der Waals surface area contributed by atoms with Gasteiger partial charge in [0.2, 0.25) is 0 Å². The van der Waals surface area contributed by atoms with Crippen molar-refractivity contribution in [3.63, 3.8) is 0 Å². The van der Waals surface area contributed by atoms with Crippen LogP contribution in [0.15, 0.2) is 11.0 Å². The lowest BCUT2D eigenvalue weighted by Gasteiger charge is -2.21. The van der Waals surface area contributed by atoms with Gasteiger partial charge in [-0.05, 0) is 17.2 Å². The summed E-state index contributed by atoms with van der Waals surface area (Å²) in [5, 5.41) is 11.3. The van der Waals surface area contributed by atoms with E-state index in [-0.39, 0.29) is 11.9 Å². The molecule has 12 heavy (non-hydrogen) atoms. The third kappa shape index (κ3) is 2.21. The molecular formula is C9H16OS2. The summed E-state index contributed by atoms with van der Waals surface area (Å²) in [4.78, 5) is 0. The van der Waals surface area contributed by atoms with Gasteiger partial charge in [0.1, 0.15) is 0 Å². The van der Waals surface area contributed by atoms with E-state index in [1.54, 1.807) is 0 Å². The summed E-state index contributed by atoms with van der Waals surface area (Å²) in [6.07, 6.45) is 0. The van der Waals surface area contributed by atoms with Crippen LogP contribution in [0.2, 0.25) is 0 Å². The Kier molecular flexibility index (Phi) is 4.00. The van der Waals surface area contributed by atoms with Crippen molar-refractivity contribution in [1.29, 1.82) is 0 Å². The Balaban J connectivity index is 2.57. The van der Waals surface area contributed by atoms with E-state index >= 15 is 0 Å². The number of thioether (sulfide) groups is 1. The van der Waals surface area contributed by atoms with E-state index in [9.17, 15) is 0 Å². The van der Waals surface area contributed by atoms with E-state index in [1.807, 2.05) is 11.8 Å². The summed E-state index contributed by atoms with van der Waals surface area (Å²) in [5.41, 5.74) is 1.45. The van der Waals surface area contributed by atoms with Gasteiger partial charge in [0, 0.05) is 11.0 Å². The molecule has 3 atom stereocenters. The zero-order chi connectivity index (χ0) is 9.14. The highest BCUT2D eigenvalue weighted by Gasteiger charge is 2.24. The maximum Gasteiger partial charge on any atom is 0.0553 e. The Morgan fingerprint density at radius 2 is 2.50 bits per heavy atom. The van der Waals surface area contributed by atoms with Gasteiger partial charge in [0.05, 0.1) is 6.61 Å². The normalized spacial score (nSPS) is 28.3. The van der Waals surface area contributed by atoms with Crippen molar-refractivity contribution in [3.05, 3.63) is 11.0 Å². The molecule has 1 aliphatic rings. The SMILES string of the molecule is CC1CSC=C1C(C)C(S)CO. The second kappa shape index (κ2) is 4.58. The first-order valence-electron chi connectivity index (χ1n) is 4.27. The van der Waals surface area contributed by atoms with Crippen molar-refractivity contribution in [1.82, 2.24) is 0 Å². The fourth-order valence-electron chi connectivity index (χ4n) is 1.44. The van der Waals surface area contributed by atoms with Crippen LogP contribution in [0.5, 0.6) is 0 Å². The average molecular weight is 204 g/mol. The average Bonchev–Trinajstić information content (AvgIpc) is 2.48. The standard InChI is InChI=1S/C9H16OS2/c1-6-4-12-5-8(6)7(2)9(11)3-10/h5-7,9-11H,3-4H2,1-2H3. The molecule has 1 N–H and O–H groups in total. The van der Waals surface area contributed by atoms with E-state index < -0.39 is 0 Å². The largest absolute Gasteiger partial charge is 0.395 e. The molecule has 1 aliphatic heterocycles. The zero-order valence-electron chi connectivity index (χ0n) is 7.53. The Hall–Kier alpha value is 0.400. The fraction of sp³-hybridized carbons (Fsp3) is 0.778. The number of thiol groups is 1. The molecule has 0 radical (unpaired) electrons. The molecule has 0 saturated carbocycles. The lowest BCUT2D eigenvalue weighted by Crippen LogP contribution is -2.20. The minimum atomic E-state index is 0.0948. The van der Waals surface area contributed by atoms with Gasteiger partial charge in [-0.15, -0.1) is 11.8 Å². The first-order valence-corrected chi connectivity index (χ1v) is 5.83. The van der Waals surface area contributed by atoms with Gasteiger partial charge < -0.3 is 5.11 Å². The molecular weight excluding hydrogens is 188 g/mol. The Labute approximate surface area is 84.0 Å². The van der Waals surface area contributed by atoms with Gasteiger partial charge in [-0.3, -0.25) is 0 Å². The van der Waals surface area contributed by atoms with Crippen LogP contribution in [0.3, 0.4) is 0 Å².